The average molecular weight is 423 g/mol. The second-order valence-corrected chi connectivity index (χ2v) is 8.22. The van der Waals surface area contributed by atoms with E-state index < -0.39 is 0 Å². The Morgan fingerprint density at radius 1 is 1.23 bits per heavy atom. The highest BCUT2D eigenvalue weighted by Gasteiger charge is 2.44. The molecular formula is C20H31BrN4O. The van der Waals surface area contributed by atoms with Gasteiger partial charge in [0.15, 0.2) is 5.96 Å². The Bertz CT molecular complexity index is 597. The maximum Gasteiger partial charge on any atom is 0.191 e. The topological polar surface area (TPSA) is 48.9 Å². The number of morpholine rings is 1. The van der Waals surface area contributed by atoms with Gasteiger partial charge in [-0.3, -0.25) is 9.89 Å². The number of nitrogens with zero attached hydrogens (tertiary/aromatic N) is 2. The molecule has 3 rings (SSSR count). The lowest BCUT2D eigenvalue weighted by Crippen LogP contribution is -2.42. The summed E-state index contributed by atoms with van der Waals surface area (Å²) in [6.07, 6.45) is 4.86. The SMILES string of the molecule is CN=C(NCCCCN1CCOCC1)NCC1(c2cccc(Br)c2)CC1. The van der Waals surface area contributed by atoms with Crippen LogP contribution in [0.15, 0.2) is 33.7 Å². The largest absolute Gasteiger partial charge is 0.379 e. The van der Waals surface area contributed by atoms with Crippen molar-refractivity contribution in [1.29, 1.82) is 0 Å². The highest BCUT2D eigenvalue weighted by molar-refractivity contribution is 9.10. The Hall–Kier alpha value is -1.11. The molecule has 0 spiro atoms. The molecule has 1 aliphatic carbocycles. The van der Waals surface area contributed by atoms with Crippen LogP contribution in [0.25, 0.3) is 0 Å². The minimum Gasteiger partial charge on any atom is -0.379 e. The van der Waals surface area contributed by atoms with E-state index >= 15 is 0 Å². The molecule has 1 aliphatic heterocycles. The third kappa shape index (κ3) is 5.69. The second kappa shape index (κ2) is 9.72. The number of halogens is 1. The molecule has 0 amide bonds. The summed E-state index contributed by atoms with van der Waals surface area (Å²) in [5.74, 6) is 0.914. The van der Waals surface area contributed by atoms with E-state index in [0.717, 1.165) is 56.2 Å². The summed E-state index contributed by atoms with van der Waals surface area (Å²) in [5.41, 5.74) is 1.69. The number of nitrogens with one attached hydrogen (secondary N) is 2. The summed E-state index contributed by atoms with van der Waals surface area (Å²) < 4.78 is 6.55. The molecule has 5 nitrogen and oxygen atoms in total. The molecule has 2 aliphatic rings. The van der Waals surface area contributed by atoms with E-state index in [2.05, 4.69) is 60.7 Å². The Kier molecular flexibility index (Phi) is 7.34. The predicted molar refractivity (Wildman–Crippen MR) is 111 cm³/mol. The lowest BCUT2D eigenvalue weighted by molar-refractivity contribution is 0.0372. The molecule has 26 heavy (non-hydrogen) atoms. The smallest absolute Gasteiger partial charge is 0.191 e. The number of ether oxygens (including phenoxy) is 1. The van der Waals surface area contributed by atoms with Crippen molar-refractivity contribution in [3.63, 3.8) is 0 Å². The zero-order chi connectivity index (χ0) is 18.2. The molecule has 1 heterocycles. The van der Waals surface area contributed by atoms with Gasteiger partial charge >= 0.3 is 0 Å². The van der Waals surface area contributed by atoms with E-state index in [4.69, 9.17) is 4.74 Å². The highest BCUT2D eigenvalue weighted by Crippen LogP contribution is 2.48. The zero-order valence-corrected chi connectivity index (χ0v) is 17.4. The van der Waals surface area contributed by atoms with Crippen molar-refractivity contribution < 1.29 is 4.74 Å². The number of hydrogen-bond acceptors (Lipinski definition) is 3. The van der Waals surface area contributed by atoms with Crippen molar-refractivity contribution >= 4 is 21.9 Å². The first kappa shape index (κ1) is 19.6. The molecule has 6 heteroatoms. The van der Waals surface area contributed by atoms with Gasteiger partial charge in [-0.1, -0.05) is 28.1 Å². The first-order chi connectivity index (χ1) is 12.7. The van der Waals surface area contributed by atoms with E-state index in [0.29, 0.717) is 0 Å². The third-order valence-corrected chi connectivity index (χ3v) is 5.90. The minimum atomic E-state index is 0.276. The van der Waals surface area contributed by atoms with Gasteiger partial charge in [-0.2, -0.15) is 0 Å². The summed E-state index contributed by atoms with van der Waals surface area (Å²) in [7, 11) is 1.85. The van der Waals surface area contributed by atoms with Gasteiger partial charge in [0, 0.05) is 43.1 Å². The lowest BCUT2D eigenvalue weighted by atomic mass is 9.96. The van der Waals surface area contributed by atoms with Gasteiger partial charge < -0.3 is 15.4 Å². The minimum absolute atomic E-state index is 0.276. The maximum atomic E-state index is 5.39. The van der Waals surface area contributed by atoms with Crippen molar-refractivity contribution in [3.05, 3.63) is 34.3 Å². The molecule has 1 aromatic rings. The summed E-state index contributed by atoms with van der Waals surface area (Å²) in [6, 6.07) is 8.70. The van der Waals surface area contributed by atoms with Gasteiger partial charge in [-0.05, 0) is 49.9 Å². The fourth-order valence-electron chi connectivity index (χ4n) is 3.50. The average Bonchev–Trinajstić information content (AvgIpc) is 3.46. The van der Waals surface area contributed by atoms with Crippen LogP contribution in [0, 0.1) is 0 Å². The molecule has 1 saturated heterocycles. The van der Waals surface area contributed by atoms with Crippen LogP contribution in [0.1, 0.15) is 31.2 Å². The van der Waals surface area contributed by atoms with Gasteiger partial charge in [0.2, 0.25) is 0 Å². The summed E-state index contributed by atoms with van der Waals surface area (Å²) >= 11 is 3.59. The summed E-state index contributed by atoms with van der Waals surface area (Å²) in [4.78, 5) is 6.87. The first-order valence-electron chi connectivity index (χ1n) is 9.72. The second-order valence-electron chi connectivity index (χ2n) is 7.30. The fraction of sp³-hybridized carbons (Fsp3) is 0.650. The number of benzene rings is 1. The number of rotatable bonds is 8. The van der Waals surface area contributed by atoms with Gasteiger partial charge in [0.25, 0.3) is 0 Å². The molecule has 144 valence electrons. The number of hydrogen-bond donors (Lipinski definition) is 2. The van der Waals surface area contributed by atoms with Gasteiger partial charge in [-0.15, -0.1) is 0 Å². The normalized spacial score (nSPS) is 20.0. The molecular weight excluding hydrogens is 392 g/mol. The van der Waals surface area contributed by atoms with Crippen LogP contribution in [-0.4, -0.2) is 63.8 Å². The third-order valence-electron chi connectivity index (χ3n) is 5.41. The Balaban J connectivity index is 1.34. The standard InChI is InChI=1S/C20H31BrN4O/c1-22-19(23-9-2-3-10-25-11-13-26-14-12-25)24-16-20(7-8-20)17-5-4-6-18(21)15-17/h4-6,15H,2-3,7-14,16H2,1H3,(H2,22,23,24). The summed E-state index contributed by atoms with van der Waals surface area (Å²) in [5, 5.41) is 6.98. The number of guanidine groups is 1. The Labute approximate surface area is 165 Å². The van der Waals surface area contributed by atoms with Gasteiger partial charge in [0.05, 0.1) is 13.2 Å². The molecule has 2 N–H and O–H groups in total. The van der Waals surface area contributed by atoms with Crippen LogP contribution in [-0.2, 0) is 10.2 Å². The number of aliphatic imine (C=N–C) groups is 1. The van der Waals surface area contributed by atoms with E-state index in [1.165, 1.54) is 31.4 Å². The van der Waals surface area contributed by atoms with Crippen LogP contribution >= 0.6 is 15.9 Å². The van der Waals surface area contributed by atoms with Crippen molar-refractivity contribution in [3.8, 4) is 0 Å². The molecule has 0 atom stereocenters. The van der Waals surface area contributed by atoms with Gasteiger partial charge in [0.1, 0.15) is 0 Å². The molecule has 0 unspecified atom stereocenters. The van der Waals surface area contributed by atoms with E-state index in [9.17, 15) is 0 Å². The van der Waals surface area contributed by atoms with E-state index in [1.807, 2.05) is 7.05 Å². The highest BCUT2D eigenvalue weighted by atomic mass is 79.9. The van der Waals surface area contributed by atoms with Crippen LogP contribution in [0.5, 0.6) is 0 Å². The van der Waals surface area contributed by atoms with Crippen LogP contribution in [0.3, 0.4) is 0 Å². The molecule has 1 saturated carbocycles. The predicted octanol–water partition coefficient (Wildman–Crippen LogP) is 2.76. The number of unbranched alkanes of at least 4 members (excludes halogenated alkanes) is 1. The maximum absolute atomic E-state index is 5.39. The van der Waals surface area contributed by atoms with Crippen molar-refractivity contribution in [2.75, 3.05) is 53.0 Å². The summed E-state index contributed by atoms with van der Waals surface area (Å²) in [6.45, 7) is 7.00. The van der Waals surface area contributed by atoms with E-state index in [1.54, 1.807) is 0 Å². The quantitative estimate of drug-likeness (QED) is 0.384. The van der Waals surface area contributed by atoms with Gasteiger partial charge in [-0.25, -0.2) is 0 Å². The fourth-order valence-corrected chi connectivity index (χ4v) is 3.90. The monoisotopic (exact) mass is 422 g/mol. The molecule has 1 aromatic carbocycles. The first-order valence-corrected chi connectivity index (χ1v) is 10.5. The molecule has 0 aromatic heterocycles. The molecule has 2 fully saturated rings. The van der Waals surface area contributed by atoms with Crippen LogP contribution in [0.4, 0.5) is 0 Å². The molecule has 0 radical (unpaired) electrons. The zero-order valence-electron chi connectivity index (χ0n) is 15.8. The Morgan fingerprint density at radius 2 is 2.04 bits per heavy atom. The van der Waals surface area contributed by atoms with E-state index in [-0.39, 0.29) is 5.41 Å². The van der Waals surface area contributed by atoms with Crippen molar-refractivity contribution in [2.24, 2.45) is 4.99 Å². The lowest BCUT2D eigenvalue weighted by Gasteiger charge is -2.26. The molecule has 0 bridgehead atoms. The van der Waals surface area contributed by atoms with Crippen LogP contribution < -0.4 is 10.6 Å². The van der Waals surface area contributed by atoms with Crippen molar-refractivity contribution in [1.82, 2.24) is 15.5 Å². The van der Waals surface area contributed by atoms with Crippen molar-refractivity contribution in [2.45, 2.75) is 31.1 Å². The van der Waals surface area contributed by atoms with Crippen LogP contribution in [0.2, 0.25) is 0 Å². The Morgan fingerprint density at radius 3 is 2.73 bits per heavy atom.